The van der Waals surface area contributed by atoms with Crippen LogP contribution in [0.4, 0.5) is 0 Å². The Hall–Kier alpha value is -2.74. The van der Waals surface area contributed by atoms with Crippen molar-refractivity contribution < 1.29 is 9.47 Å². The van der Waals surface area contributed by atoms with E-state index in [1.54, 1.807) is 0 Å². The highest BCUT2D eigenvalue weighted by Gasteiger charge is 2.16. The van der Waals surface area contributed by atoms with Crippen molar-refractivity contribution in [2.24, 2.45) is 0 Å². The summed E-state index contributed by atoms with van der Waals surface area (Å²) in [5.41, 5.74) is 8.35. The van der Waals surface area contributed by atoms with Crippen molar-refractivity contribution in [3.63, 3.8) is 0 Å². The first-order valence-corrected chi connectivity index (χ1v) is 9.25. The van der Waals surface area contributed by atoms with E-state index < -0.39 is 0 Å². The van der Waals surface area contributed by atoms with Crippen molar-refractivity contribution in [1.29, 1.82) is 0 Å². The zero-order chi connectivity index (χ0) is 17.9. The van der Waals surface area contributed by atoms with Gasteiger partial charge in [-0.05, 0) is 60.2 Å². The molecule has 0 unspecified atom stereocenters. The number of benzene rings is 3. The van der Waals surface area contributed by atoms with Gasteiger partial charge in [0, 0.05) is 6.42 Å². The second kappa shape index (κ2) is 7.25. The molecule has 0 atom stereocenters. The Morgan fingerprint density at radius 2 is 1.35 bits per heavy atom. The summed E-state index contributed by atoms with van der Waals surface area (Å²) in [5.74, 6) is 1.76. The van der Waals surface area contributed by atoms with E-state index in [-0.39, 0.29) is 0 Å². The number of aryl methyl sites for hydroxylation is 2. The number of hydrogen-bond donors (Lipinski definition) is 0. The molecule has 0 N–H and O–H groups in total. The van der Waals surface area contributed by atoms with Gasteiger partial charge in [0.05, 0.1) is 13.2 Å². The maximum absolute atomic E-state index is 5.50. The smallest absolute Gasteiger partial charge is 0.161 e. The van der Waals surface area contributed by atoms with Gasteiger partial charge in [-0.15, -0.1) is 0 Å². The molecule has 3 aromatic carbocycles. The molecule has 2 nitrogen and oxygen atoms in total. The second-order valence-electron chi connectivity index (χ2n) is 7.00. The van der Waals surface area contributed by atoms with Crippen molar-refractivity contribution in [1.82, 2.24) is 0 Å². The predicted molar refractivity (Wildman–Crippen MR) is 106 cm³/mol. The zero-order valence-electron chi connectivity index (χ0n) is 15.4. The van der Waals surface area contributed by atoms with Crippen LogP contribution in [0.25, 0.3) is 11.1 Å². The first-order chi connectivity index (χ1) is 12.7. The Labute approximate surface area is 155 Å². The van der Waals surface area contributed by atoms with Crippen LogP contribution in [0.5, 0.6) is 11.5 Å². The van der Waals surface area contributed by atoms with Gasteiger partial charge in [0.15, 0.2) is 11.5 Å². The fourth-order valence-corrected chi connectivity index (χ4v) is 3.54. The van der Waals surface area contributed by atoms with Crippen molar-refractivity contribution in [3.05, 3.63) is 82.9 Å². The highest BCUT2D eigenvalue weighted by atomic mass is 16.5. The maximum Gasteiger partial charge on any atom is 0.161 e. The molecule has 0 radical (unpaired) electrons. The molecule has 3 aromatic rings. The minimum Gasteiger partial charge on any atom is -0.490 e. The van der Waals surface area contributed by atoms with Gasteiger partial charge in [0.1, 0.15) is 0 Å². The molecule has 132 valence electrons. The Bertz CT molecular complexity index is 927. The highest BCUT2D eigenvalue weighted by molar-refractivity contribution is 5.76. The van der Waals surface area contributed by atoms with E-state index in [1.165, 1.54) is 33.4 Å². The van der Waals surface area contributed by atoms with Crippen LogP contribution >= 0.6 is 0 Å². The molecule has 0 amide bonds. The van der Waals surface area contributed by atoms with E-state index in [0.717, 1.165) is 37.6 Å². The highest BCUT2D eigenvalue weighted by Crippen LogP contribution is 2.36. The van der Waals surface area contributed by atoms with E-state index in [4.69, 9.17) is 9.47 Å². The average molecular weight is 344 g/mol. The number of ether oxygens (including phenoxy) is 2. The number of hydrogen-bond acceptors (Lipinski definition) is 2. The Balaban J connectivity index is 0.000000131. The Morgan fingerprint density at radius 1 is 0.654 bits per heavy atom. The average Bonchev–Trinajstić information content (AvgIpc) is 2.84. The summed E-state index contributed by atoms with van der Waals surface area (Å²) in [4.78, 5) is 0. The van der Waals surface area contributed by atoms with Crippen LogP contribution in [0.15, 0.2) is 60.7 Å². The van der Waals surface area contributed by atoms with Gasteiger partial charge in [-0.3, -0.25) is 0 Å². The third-order valence-corrected chi connectivity index (χ3v) is 4.85. The van der Waals surface area contributed by atoms with Gasteiger partial charge >= 0.3 is 0 Å². The van der Waals surface area contributed by atoms with Crippen molar-refractivity contribution in [3.8, 4) is 22.6 Å². The summed E-state index contributed by atoms with van der Waals surface area (Å²) in [6.45, 7) is 5.73. The van der Waals surface area contributed by atoms with Gasteiger partial charge in [0.2, 0.25) is 0 Å². The molecular formula is C24H24O2. The quantitative estimate of drug-likeness (QED) is 0.406. The molecule has 2 aliphatic rings. The maximum atomic E-state index is 5.50. The summed E-state index contributed by atoms with van der Waals surface area (Å²) in [5, 5.41) is 0. The van der Waals surface area contributed by atoms with Gasteiger partial charge in [0.25, 0.3) is 0 Å². The molecule has 2 heteroatoms. The summed E-state index contributed by atoms with van der Waals surface area (Å²) in [6.07, 6.45) is 2.07. The lowest BCUT2D eigenvalue weighted by Crippen LogP contribution is -1.97. The van der Waals surface area contributed by atoms with Crippen molar-refractivity contribution in [2.45, 2.75) is 26.7 Å². The van der Waals surface area contributed by atoms with Gasteiger partial charge < -0.3 is 9.47 Å². The lowest BCUT2D eigenvalue weighted by molar-refractivity contribution is 0.297. The lowest BCUT2D eigenvalue weighted by atomic mass is 10.0. The Morgan fingerprint density at radius 3 is 2.23 bits per heavy atom. The van der Waals surface area contributed by atoms with Crippen LogP contribution in [-0.4, -0.2) is 13.2 Å². The molecule has 0 spiro atoms. The van der Waals surface area contributed by atoms with Crippen LogP contribution < -0.4 is 9.47 Å². The molecule has 26 heavy (non-hydrogen) atoms. The molecule has 0 saturated carbocycles. The van der Waals surface area contributed by atoms with Crippen LogP contribution in [0.2, 0.25) is 0 Å². The topological polar surface area (TPSA) is 18.5 Å². The van der Waals surface area contributed by atoms with Gasteiger partial charge in [-0.25, -0.2) is 0 Å². The minimum absolute atomic E-state index is 0.760. The van der Waals surface area contributed by atoms with E-state index in [2.05, 4.69) is 56.3 Å². The van der Waals surface area contributed by atoms with Gasteiger partial charge in [-0.2, -0.15) is 0 Å². The normalized spacial score (nSPS) is 13.8. The number of fused-ring (bicyclic) bond motifs is 4. The van der Waals surface area contributed by atoms with E-state index in [0.29, 0.717) is 0 Å². The zero-order valence-corrected chi connectivity index (χ0v) is 15.4. The third-order valence-electron chi connectivity index (χ3n) is 4.85. The van der Waals surface area contributed by atoms with Crippen LogP contribution in [0, 0.1) is 13.8 Å². The fraction of sp³-hybridized carbons (Fsp3) is 0.250. The van der Waals surface area contributed by atoms with Crippen molar-refractivity contribution in [2.75, 3.05) is 13.2 Å². The second-order valence-corrected chi connectivity index (χ2v) is 7.00. The minimum atomic E-state index is 0.760. The third kappa shape index (κ3) is 3.45. The fourth-order valence-electron chi connectivity index (χ4n) is 3.54. The lowest BCUT2D eigenvalue weighted by Gasteiger charge is -2.06. The van der Waals surface area contributed by atoms with E-state index in [1.807, 2.05) is 18.2 Å². The monoisotopic (exact) mass is 344 g/mol. The van der Waals surface area contributed by atoms with Crippen molar-refractivity contribution >= 4 is 0 Å². The largest absolute Gasteiger partial charge is 0.490 e. The summed E-state index contributed by atoms with van der Waals surface area (Å²) in [7, 11) is 0. The summed E-state index contributed by atoms with van der Waals surface area (Å²) in [6, 6.07) is 21.4. The molecule has 0 bridgehead atoms. The van der Waals surface area contributed by atoms with E-state index in [9.17, 15) is 0 Å². The van der Waals surface area contributed by atoms with Crippen LogP contribution in [0.1, 0.15) is 28.7 Å². The molecule has 1 aliphatic heterocycles. The SMILES string of the molecule is Cc1ccc2c(c1)Cc1ccccc1-2.Cc1ccc2c(c1)OCCCO2. The molecule has 1 aliphatic carbocycles. The Kier molecular flexibility index (Phi) is 4.66. The van der Waals surface area contributed by atoms with Crippen LogP contribution in [0.3, 0.4) is 0 Å². The summed E-state index contributed by atoms with van der Waals surface area (Å²) >= 11 is 0. The molecular weight excluding hydrogens is 320 g/mol. The molecule has 0 aromatic heterocycles. The molecule has 0 saturated heterocycles. The molecule has 5 rings (SSSR count). The standard InChI is InChI=1S/C14H12.C10H12O2/c1-10-6-7-14-12(8-10)9-11-4-2-3-5-13(11)14;1-8-3-4-9-10(7-8)12-6-2-5-11-9/h2-8H,9H2,1H3;3-4,7H,2,5-6H2,1H3. The van der Waals surface area contributed by atoms with E-state index >= 15 is 0 Å². The predicted octanol–water partition coefficient (Wildman–Crippen LogP) is 5.72. The first-order valence-electron chi connectivity index (χ1n) is 9.25. The van der Waals surface area contributed by atoms with Crippen LogP contribution in [-0.2, 0) is 6.42 Å². The first kappa shape index (κ1) is 16.7. The number of rotatable bonds is 0. The molecule has 1 heterocycles. The molecule has 0 fully saturated rings. The van der Waals surface area contributed by atoms with Gasteiger partial charge in [-0.1, -0.05) is 54.1 Å². The summed E-state index contributed by atoms with van der Waals surface area (Å²) < 4.78 is 11.0.